The number of nitrogen functional groups attached to an aromatic ring is 1. The SMILES string of the molecule is C=CS/C(=C(/C)N)c1nc(C(C)(c2ccc(-c3cnc(N)nc3)cc2)C(C)C)no1. The molecular formula is C22H26N6OS. The van der Waals surface area contributed by atoms with Crippen LogP contribution in [0.2, 0.25) is 0 Å². The van der Waals surface area contributed by atoms with E-state index in [-0.39, 0.29) is 11.9 Å². The first-order valence-corrected chi connectivity index (χ1v) is 10.4. The van der Waals surface area contributed by atoms with E-state index in [1.54, 1.807) is 24.7 Å². The summed E-state index contributed by atoms with van der Waals surface area (Å²) in [6.07, 6.45) is 3.43. The zero-order valence-corrected chi connectivity index (χ0v) is 18.4. The molecule has 3 rings (SSSR count). The van der Waals surface area contributed by atoms with E-state index in [1.807, 2.05) is 12.1 Å². The van der Waals surface area contributed by atoms with Crippen molar-refractivity contribution in [3.63, 3.8) is 0 Å². The average Bonchev–Trinajstić information content (AvgIpc) is 3.22. The quantitative estimate of drug-likeness (QED) is 0.567. The standard InChI is InChI=1S/C22H26N6OS/c1-6-30-18(14(4)23)19-27-20(28-29-19)22(5,13(2)3)17-9-7-15(8-10-17)16-11-25-21(24)26-12-16/h6-13H,1,23H2,2-5H3,(H2,24,25,26)/b18-14-. The molecule has 0 spiro atoms. The van der Waals surface area contributed by atoms with Crippen molar-refractivity contribution < 1.29 is 4.52 Å². The van der Waals surface area contributed by atoms with Gasteiger partial charge in [0.05, 0.1) is 10.3 Å². The molecule has 30 heavy (non-hydrogen) atoms. The second-order valence-corrected chi connectivity index (χ2v) is 8.46. The van der Waals surface area contributed by atoms with Crippen LogP contribution in [0.4, 0.5) is 5.95 Å². The Labute approximate surface area is 180 Å². The molecule has 3 aromatic rings. The number of hydrogen-bond donors (Lipinski definition) is 2. The van der Waals surface area contributed by atoms with Gasteiger partial charge in [-0.1, -0.05) is 61.6 Å². The number of benzene rings is 1. The number of anilines is 1. The lowest BCUT2D eigenvalue weighted by Gasteiger charge is -2.31. The van der Waals surface area contributed by atoms with Gasteiger partial charge in [-0.2, -0.15) is 4.98 Å². The summed E-state index contributed by atoms with van der Waals surface area (Å²) in [5.41, 5.74) is 14.7. The minimum Gasteiger partial charge on any atom is -0.401 e. The molecule has 156 valence electrons. The smallest absolute Gasteiger partial charge is 0.266 e. The van der Waals surface area contributed by atoms with Crippen molar-refractivity contribution in [1.82, 2.24) is 20.1 Å². The number of hydrogen-bond acceptors (Lipinski definition) is 8. The maximum atomic E-state index is 5.99. The fourth-order valence-corrected chi connectivity index (χ4v) is 3.67. The normalized spacial score (nSPS) is 14.3. The van der Waals surface area contributed by atoms with Crippen LogP contribution in [-0.4, -0.2) is 20.1 Å². The Hall–Kier alpha value is -3.13. The third kappa shape index (κ3) is 4.09. The van der Waals surface area contributed by atoms with E-state index in [2.05, 4.69) is 54.6 Å². The predicted molar refractivity (Wildman–Crippen MR) is 122 cm³/mol. The summed E-state index contributed by atoms with van der Waals surface area (Å²) in [5.74, 6) is 1.48. The van der Waals surface area contributed by atoms with Crippen molar-refractivity contribution in [2.45, 2.75) is 33.1 Å². The largest absolute Gasteiger partial charge is 0.401 e. The first-order valence-electron chi connectivity index (χ1n) is 9.54. The molecule has 0 aliphatic heterocycles. The number of rotatable bonds is 7. The third-order valence-electron chi connectivity index (χ3n) is 5.29. The summed E-state index contributed by atoms with van der Waals surface area (Å²) in [5, 5.41) is 6.00. The van der Waals surface area contributed by atoms with Gasteiger partial charge in [0.2, 0.25) is 5.95 Å². The van der Waals surface area contributed by atoms with Crippen LogP contribution in [0.15, 0.2) is 58.9 Å². The summed E-state index contributed by atoms with van der Waals surface area (Å²) in [7, 11) is 0. The van der Waals surface area contributed by atoms with Crippen LogP contribution < -0.4 is 11.5 Å². The maximum Gasteiger partial charge on any atom is 0.266 e. The van der Waals surface area contributed by atoms with E-state index in [0.29, 0.717) is 22.3 Å². The van der Waals surface area contributed by atoms with Gasteiger partial charge in [0.25, 0.3) is 5.89 Å². The highest BCUT2D eigenvalue weighted by atomic mass is 32.2. The Balaban J connectivity index is 2.00. The monoisotopic (exact) mass is 422 g/mol. The van der Waals surface area contributed by atoms with Crippen LogP contribution in [0.3, 0.4) is 0 Å². The molecule has 8 heteroatoms. The van der Waals surface area contributed by atoms with Gasteiger partial charge in [0.1, 0.15) is 0 Å². The molecular weight excluding hydrogens is 396 g/mol. The Morgan fingerprint density at radius 1 is 1.17 bits per heavy atom. The minimum absolute atomic E-state index is 0.215. The Morgan fingerprint density at radius 3 is 2.33 bits per heavy atom. The molecule has 0 aliphatic carbocycles. The van der Waals surface area contributed by atoms with Crippen molar-refractivity contribution >= 4 is 22.6 Å². The maximum absolute atomic E-state index is 5.99. The van der Waals surface area contributed by atoms with Crippen LogP contribution in [-0.2, 0) is 5.41 Å². The summed E-state index contributed by atoms with van der Waals surface area (Å²) in [6, 6.07) is 8.22. The first-order chi connectivity index (χ1) is 14.3. The molecule has 7 nitrogen and oxygen atoms in total. The van der Waals surface area contributed by atoms with Crippen LogP contribution in [0, 0.1) is 5.92 Å². The third-order valence-corrected chi connectivity index (χ3v) is 6.19. The van der Waals surface area contributed by atoms with Gasteiger partial charge in [0.15, 0.2) is 5.82 Å². The highest BCUT2D eigenvalue weighted by Crippen LogP contribution is 2.39. The lowest BCUT2D eigenvalue weighted by Crippen LogP contribution is -2.31. The number of nitrogens with zero attached hydrogens (tertiary/aromatic N) is 4. The van der Waals surface area contributed by atoms with Gasteiger partial charge in [-0.25, -0.2) is 9.97 Å². The Kier molecular flexibility index (Phi) is 6.26. The summed E-state index contributed by atoms with van der Waals surface area (Å²) >= 11 is 1.37. The fourth-order valence-electron chi connectivity index (χ4n) is 3.14. The van der Waals surface area contributed by atoms with Crippen molar-refractivity contribution in [3.05, 3.63) is 71.6 Å². The molecule has 0 amide bonds. The van der Waals surface area contributed by atoms with Gasteiger partial charge in [0, 0.05) is 23.7 Å². The molecule has 1 aromatic carbocycles. The van der Waals surface area contributed by atoms with E-state index in [1.165, 1.54) is 11.8 Å². The number of thioether (sulfide) groups is 1. The van der Waals surface area contributed by atoms with E-state index < -0.39 is 5.41 Å². The number of aromatic nitrogens is 4. The lowest BCUT2D eigenvalue weighted by atomic mass is 9.72. The number of nitrogens with two attached hydrogens (primary N) is 2. The molecule has 4 N–H and O–H groups in total. The van der Waals surface area contributed by atoms with Gasteiger partial charge in [-0.3, -0.25) is 0 Å². The molecule has 0 aliphatic rings. The van der Waals surface area contributed by atoms with E-state index in [4.69, 9.17) is 21.0 Å². The lowest BCUT2D eigenvalue weighted by molar-refractivity contribution is 0.346. The Bertz CT molecular complexity index is 1050. The zero-order valence-electron chi connectivity index (χ0n) is 17.6. The molecule has 2 heterocycles. The van der Waals surface area contributed by atoms with Crippen LogP contribution in [0.1, 0.15) is 45.0 Å². The molecule has 0 radical (unpaired) electrons. The van der Waals surface area contributed by atoms with Crippen molar-refractivity contribution in [2.75, 3.05) is 5.73 Å². The van der Waals surface area contributed by atoms with E-state index >= 15 is 0 Å². The summed E-state index contributed by atoms with van der Waals surface area (Å²) < 4.78 is 5.57. The topological polar surface area (TPSA) is 117 Å². The number of allylic oxidation sites excluding steroid dienone is 1. The van der Waals surface area contributed by atoms with Gasteiger partial charge in [-0.15, -0.1) is 0 Å². The average molecular weight is 423 g/mol. The minimum atomic E-state index is -0.454. The Morgan fingerprint density at radius 2 is 1.80 bits per heavy atom. The molecule has 1 unspecified atom stereocenters. The van der Waals surface area contributed by atoms with Crippen molar-refractivity contribution in [1.29, 1.82) is 0 Å². The highest BCUT2D eigenvalue weighted by Gasteiger charge is 2.37. The van der Waals surface area contributed by atoms with Crippen LogP contribution >= 0.6 is 11.8 Å². The van der Waals surface area contributed by atoms with E-state index in [9.17, 15) is 0 Å². The highest BCUT2D eigenvalue weighted by molar-refractivity contribution is 8.10. The molecule has 0 bridgehead atoms. The second kappa shape index (κ2) is 8.71. The molecule has 0 saturated carbocycles. The second-order valence-electron chi connectivity index (χ2n) is 7.48. The predicted octanol–water partition coefficient (Wildman–Crippen LogP) is 4.59. The van der Waals surface area contributed by atoms with Gasteiger partial charge < -0.3 is 16.0 Å². The van der Waals surface area contributed by atoms with Gasteiger partial charge >= 0.3 is 0 Å². The van der Waals surface area contributed by atoms with Crippen LogP contribution in [0.5, 0.6) is 0 Å². The fraction of sp³-hybridized carbons (Fsp3) is 0.273. The van der Waals surface area contributed by atoms with Gasteiger partial charge in [-0.05, 0) is 36.3 Å². The summed E-state index contributed by atoms with van der Waals surface area (Å²) in [4.78, 5) is 13.5. The van der Waals surface area contributed by atoms with Crippen LogP contribution in [0.25, 0.3) is 16.0 Å². The van der Waals surface area contributed by atoms with Crippen molar-refractivity contribution in [2.24, 2.45) is 11.7 Å². The zero-order chi connectivity index (χ0) is 21.9. The molecule has 0 fully saturated rings. The summed E-state index contributed by atoms with van der Waals surface area (Å²) in [6.45, 7) is 11.9. The van der Waals surface area contributed by atoms with E-state index in [0.717, 1.165) is 16.7 Å². The van der Waals surface area contributed by atoms with Crippen molar-refractivity contribution in [3.8, 4) is 11.1 Å². The molecule has 1 atom stereocenters. The molecule has 2 aromatic heterocycles. The first kappa shape index (κ1) is 21.6. The molecule has 0 saturated heterocycles.